The summed E-state index contributed by atoms with van der Waals surface area (Å²) < 4.78 is 35.7. The third-order valence-electron chi connectivity index (χ3n) is 1.21. The maximum Gasteiger partial charge on any atom is 0.301 e. The molecule has 12 heavy (non-hydrogen) atoms. The molecule has 0 radical (unpaired) electrons. The van der Waals surface area contributed by atoms with Gasteiger partial charge < -0.3 is 28.5 Å². The summed E-state index contributed by atoms with van der Waals surface area (Å²) in [7, 11) is 5.47. The van der Waals surface area contributed by atoms with Gasteiger partial charge in [0.1, 0.15) is 0 Å². The number of halogens is 4. The average Bonchev–Trinajstić information content (AvgIpc) is 1.80. The molecule has 0 aromatic rings. The van der Waals surface area contributed by atoms with Crippen LogP contribution in [0.4, 0.5) is 13.2 Å². The Labute approximate surface area is 87.8 Å². The van der Waals surface area contributed by atoms with Crippen LogP contribution in [-0.4, -0.2) is 32.2 Å². The van der Waals surface area contributed by atoms with Crippen LogP contribution in [0, 0.1) is 0 Å². The lowest BCUT2D eigenvalue weighted by Crippen LogP contribution is -3.00. The van der Waals surface area contributed by atoms with Gasteiger partial charge in [0.05, 0.1) is 34.1 Å². The fourth-order valence-corrected chi connectivity index (χ4v) is 0.528. The molecular formula is C7H13F3IN. The van der Waals surface area contributed by atoms with Crippen molar-refractivity contribution in [3.05, 3.63) is 11.9 Å². The lowest BCUT2D eigenvalue weighted by Gasteiger charge is -2.22. The van der Waals surface area contributed by atoms with Crippen molar-refractivity contribution in [2.75, 3.05) is 27.7 Å². The van der Waals surface area contributed by atoms with Crippen LogP contribution in [0.5, 0.6) is 0 Å². The second-order valence-electron chi connectivity index (χ2n) is 3.43. The first-order valence-electron chi connectivity index (χ1n) is 3.33. The van der Waals surface area contributed by atoms with E-state index in [0.29, 0.717) is 11.0 Å². The number of quaternary nitrogens is 1. The number of hydrogen-bond acceptors (Lipinski definition) is 0. The molecule has 0 saturated heterocycles. The zero-order valence-corrected chi connectivity index (χ0v) is 9.53. The van der Waals surface area contributed by atoms with Gasteiger partial charge in [-0.15, -0.1) is 0 Å². The van der Waals surface area contributed by atoms with E-state index in [1.807, 2.05) is 21.1 Å². The largest absolute Gasteiger partial charge is 1.00 e. The molecule has 0 spiro atoms. The van der Waals surface area contributed by atoms with Crippen molar-refractivity contribution in [3.8, 4) is 0 Å². The highest BCUT2D eigenvalue weighted by molar-refractivity contribution is 4.90. The van der Waals surface area contributed by atoms with Gasteiger partial charge in [0.15, 0.2) is 5.83 Å². The monoisotopic (exact) mass is 295 g/mol. The predicted molar refractivity (Wildman–Crippen MR) is 37.9 cm³/mol. The van der Waals surface area contributed by atoms with Gasteiger partial charge in [-0.1, -0.05) is 0 Å². The molecule has 0 aliphatic rings. The van der Waals surface area contributed by atoms with E-state index in [4.69, 9.17) is 0 Å². The topological polar surface area (TPSA) is 0 Å². The second kappa shape index (κ2) is 5.80. The summed E-state index contributed by atoms with van der Waals surface area (Å²) in [5.41, 5.74) is 0. The van der Waals surface area contributed by atoms with Crippen molar-refractivity contribution in [2.45, 2.75) is 6.42 Å². The lowest BCUT2D eigenvalue weighted by atomic mass is 10.3. The standard InChI is InChI=1S/C7H13F3N.HI/c1-11(2,3)5-4-6(8)7(9)10;/h4-5H2,1-3H3;1H/q+1;/p-1. The van der Waals surface area contributed by atoms with Crippen LogP contribution < -0.4 is 24.0 Å². The molecule has 0 saturated carbocycles. The Bertz CT molecular complexity index is 159. The first-order chi connectivity index (χ1) is 4.83. The summed E-state index contributed by atoms with van der Waals surface area (Å²) in [6.07, 6.45) is -2.38. The molecule has 0 unspecified atom stereocenters. The molecule has 0 N–H and O–H groups in total. The van der Waals surface area contributed by atoms with Crippen LogP contribution in [0.3, 0.4) is 0 Å². The summed E-state index contributed by atoms with van der Waals surface area (Å²) >= 11 is 0. The number of rotatable bonds is 3. The maximum atomic E-state index is 12.2. The summed E-state index contributed by atoms with van der Waals surface area (Å²) in [5, 5.41) is 0. The van der Waals surface area contributed by atoms with E-state index >= 15 is 0 Å². The highest BCUT2D eigenvalue weighted by atomic mass is 127. The van der Waals surface area contributed by atoms with Gasteiger partial charge >= 0.3 is 6.08 Å². The van der Waals surface area contributed by atoms with Crippen molar-refractivity contribution in [1.82, 2.24) is 0 Å². The highest BCUT2D eigenvalue weighted by Crippen LogP contribution is 2.13. The van der Waals surface area contributed by atoms with Gasteiger partial charge in [0.25, 0.3) is 0 Å². The first-order valence-corrected chi connectivity index (χ1v) is 3.33. The molecule has 0 rings (SSSR count). The quantitative estimate of drug-likeness (QED) is 0.471. The van der Waals surface area contributed by atoms with Crippen LogP contribution >= 0.6 is 0 Å². The smallest absolute Gasteiger partial charge is 0.301 e. The molecule has 0 bridgehead atoms. The lowest BCUT2D eigenvalue weighted by molar-refractivity contribution is -0.870. The number of nitrogens with zero attached hydrogens (tertiary/aromatic N) is 1. The van der Waals surface area contributed by atoms with Crippen molar-refractivity contribution in [3.63, 3.8) is 0 Å². The van der Waals surface area contributed by atoms with Crippen molar-refractivity contribution >= 4 is 0 Å². The first kappa shape index (κ1) is 14.7. The Hall–Kier alpha value is 0.220. The fourth-order valence-electron chi connectivity index (χ4n) is 0.528. The maximum absolute atomic E-state index is 12.2. The zero-order valence-electron chi connectivity index (χ0n) is 7.37. The molecule has 0 aromatic heterocycles. The molecular weight excluding hydrogens is 282 g/mol. The third kappa shape index (κ3) is 8.32. The van der Waals surface area contributed by atoms with Crippen molar-refractivity contribution in [2.24, 2.45) is 0 Å². The van der Waals surface area contributed by atoms with E-state index in [-0.39, 0.29) is 30.4 Å². The Morgan fingerprint density at radius 1 is 1.08 bits per heavy atom. The van der Waals surface area contributed by atoms with E-state index < -0.39 is 11.9 Å². The Kier molecular flexibility index (Phi) is 7.11. The number of hydrogen-bond donors (Lipinski definition) is 0. The van der Waals surface area contributed by atoms with Gasteiger partial charge in [0, 0.05) is 0 Å². The summed E-state index contributed by atoms with van der Waals surface area (Å²) in [5.74, 6) is -1.29. The van der Waals surface area contributed by atoms with Crippen molar-refractivity contribution < 1.29 is 41.6 Å². The molecule has 0 heterocycles. The highest BCUT2D eigenvalue weighted by Gasteiger charge is 2.11. The molecule has 0 aliphatic heterocycles. The SMILES string of the molecule is C[N+](C)(C)CCC(F)=C(F)F.[I-]. The normalized spacial score (nSPS) is 10.5. The average molecular weight is 295 g/mol. The van der Waals surface area contributed by atoms with E-state index in [1.54, 1.807) is 0 Å². The van der Waals surface area contributed by atoms with Crippen LogP contribution in [0.2, 0.25) is 0 Å². The predicted octanol–water partition coefficient (Wildman–Crippen LogP) is -0.836. The van der Waals surface area contributed by atoms with Crippen molar-refractivity contribution in [1.29, 1.82) is 0 Å². The fraction of sp³-hybridized carbons (Fsp3) is 0.714. The van der Waals surface area contributed by atoms with Crippen LogP contribution in [-0.2, 0) is 0 Å². The Morgan fingerprint density at radius 2 is 1.50 bits per heavy atom. The molecule has 0 atom stereocenters. The summed E-state index contributed by atoms with van der Waals surface area (Å²) in [6.45, 7) is 0.378. The van der Waals surface area contributed by atoms with Crippen LogP contribution in [0.1, 0.15) is 6.42 Å². The van der Waals surface area contributed by atoms with E-state index in [9.17, 15) is 13.2 Å². The van der Waals surface area contributed by atoms with Gasteiger partial charge in [-0.3, -0.25) is 0 Å². The Morgan fingerprint density at radius 3 is 1.75 bits per heavy atom. The molecule has 0 amide bonds. The van der Waals surface area contributed by atoms with Gasteiger partial charge in [-0.2, -0.15) is 8.78 Å². The van der Waals surface area contributed by atoms with E-state index in [2.05, 4.69) is 0 Å². The molecule has 0 fully saturated rings. The summed E-state index contributed by atoms with van der Waals surface area (Å²) in [6, 6.07) is 0. The van der Waals surface area contributed by atoms with Gasteiger partial charge in [-0.05, 0) is 0 Å². The summed E-state index contributed by atoms with van der Waals surface area (Å²) in [4.78, 5) is 0. The van der Waals surface area contributed by atoms with Crippen LogP contribution in [0.15, 0.2) is 11.9 Å². The molecule has 5 heteroatoms. The third-order valence-corrected chi connectivity index (χ3v) is 1.21. The molecule has 1 nitrogen and oxygen atoms in total. The minimum Gasteiger partial charge on any atom is -1.00 e. The minimum absolute atomic E-state index is 0. The van der Waals surface area contributed by atoms with Gasteiger partial charge in [-0.25, -0.2) is 4.39 Å². The second-order valence-corrected chi connectivity index (χ2v) is 3.43. The van der Waals surface area contributed by atoms with E-state index in [1.165, 1.54) is 0 Å². The molecule has 0 aliphatic carbocycles. The van der Waals surface area contributed by atoms with E-state index in [0.717, 1.165) is 0 Å². The zero-order chi connectivity index (χ0) is 9.07. The Balaban J connectivity index is 0. The molecule has 0 aromatic carbocycles. The van der Waals surface area contributed by atoms with Crippen LogP contribution in [0.25, 0.3) is 0 Å². The molecule has 74 valence electrons. The van der Waals surface area contributed by atoms with Gasteiger partial charge in [0.2, 0.25) is 0 Å². The minimum atomic E-state index is -2.20.